The number of phenols is 1. The lowest BCUT2D eigenvalue weighted by Crippen LogP contribution is -2.49. The number of hydrogen-bond acceptors (Lipinski definition) is 5. The second-order valence-electron chi connectivity index (χ2n) is 10.6. The Morgan fingerprint density at radius 2 is 1.74 bits per heavy atom. The lowest BCUT2D eigenvalue weighted by Gasteiger charge is -2.26. The van der Waals surface area contributed by atoms with Crippen LogP contribution in [0.4, 0.5) is 0 Å². The minimum Gasteiger partial charge on any atom is -0.508 e. The number of carbonyl (C=O) groups is 4. The predicted octanol–water partition coefficient (Wildman–Crippen LogP) is 4.36. The van der Waals surface area contributed by atoms with E-state index in [1.165, 1.54) is 36.8 Å². The van der Waals surface area contributed by atoms with Crippen LogP contribution in [-0.4, -0.2) is 51.5 Å². The third kappa shape index (κ3) is 8.36. The van der Waals surface area contributed by atoms with Gasteiger partial charge in [-0.3, -0.25) is 14.4 Å². The van der Waals surface area contributed by atoms with Crippen molar-refractivity contribution < 1.29 is 29.4 Å². The number of phenolic OH excluding ortho intramolecular Hbond substituents is 1. The van der Waals surface area contributed by atoms with Crippen LogP contribution in [0.15, 0.2) is 60.8 Å². The van der Waals surface area contributed by atoms with Crippen LogP contribution in [0, 0.1) is 5.92 Å². The first-order valence-electron chi connectivity index (χ1n) is 14.0. The van der Waals surface area contributed by atoms with Crippen LogP contribution in [-0.2, 0) is 16.1 Å². The van der Waals surface area contributed by atoms with Crippen LogP contribution in [0.25, 0.3) is 0 Å². The molecule has 1 aliphatic rings. The smallest absolute Gasteiger partial charge is 0.328 e. The van der Waals surface area contributed by atoms with E-state index in [1.54, 1.807) is 18.3 Å². The third-order valence-electron chi connectivity index (χ3n) is 7.53. The van der Waals surface area contributed by atoms with Gasteiger partial charge in [0.15, 0.2) is 0 Å². The van der Waals surface area contributed by atoms with Crippen molar-refractivity contribution in [1.82, 2.24) is 20.9 Å². The molecule has 0 bridgehead atoms. The fourth-order valence-corrected chi connectivity index (χ4v) is 5.51. The molecule has 0 spiro atoms. The first kappa shape index (κ1) is 30.6. The van der Waals surface area contributed by atoms with E-state index in [9.17, 15) is 29.4 Å². The number of nitrogens with one attached hydrogen (secondary N) is 4. The summed E-state index contributed by atoms with van der Waals surface area (Å²) >= 11 is 6.29. The topological polar surface area (TPSA) is 161 Å². The van der Waals surface area contributed by atoms with Crippen LogP contribution < -0.4 is 16.0 Å². The Balaban J connectivity index is 1.35. The molecule has 1 aromatic heterocycles. The lowest BCUT2D eigenvalue weighted by molar-refractivity contribution is -0.139. The number of rotatable bonds is 12. The molecule has 1 heterocycles. The Hall–Kier alpha value is -4.31. The molecule has 222 valence electrons. The molecule has 4 rings (SSSR count). The highest BCUT2D eigenvalue weighted by Crippen LogP contribution is 2.32. The SMILES string of the molecule is O=C(NCc1cccc(O)c1)c1ccc(C(=O)N[C@@H](CNC(=O)[C@@H](CC2CCCCC2)c2ccc[nH]2)C(=O)O)c(Cl)c1. The molecule has 0 radical (unpaired) electrons. The van der Waals surface area contributed by atoms with Gasteiger partial charge in [-0.05, 0) is 60.4 Å². The number of carbonyl (C=O) groups excluding carboxylic acids is 3. The zero-order valence-electron chi connectivity index (χ0n) is 23.1. The largest absolute Gasteiger partial charge is 0.508 e. The van der Waals surface area contributed by atoms with Gasteiger partial charge in [0.2, 0.25) is 5.91 Å². The minimum absolute atomic E-state index is 0.0136. The van der Waals surface area contributed by atoms with Crippen LogP contribution in [0.2, 0.25) is 5.02 Å². The summed E-state index contributed by atoms with van der Waals surface area (Å²) in [6.07, 6.45) is 8.04. The number of halogens is 1. The molecule has 1 aliphatic carbocycles. The van der Waals surface area contributed by atoms with E-state index in [4.69, 9.17) is 11.6 Å². The Labute approximate surface area is 248 Å². The maximum Gasteiger partial charge on any atom is 0.328 e. The summed E-state index contributed by atoms with van der Waals surface area (Å²) in [5.74, 6) is -2.76. The zero-order valence-corrected chi connectivity index (χ0v) is 23.8. The first-order chi connectivity index (χ1) is 20.2. The Morgan fingerprint density at radius 3 is 2.40 bits per heavy atom. The van der Waals surface area contributed by atoms with E-state index in [1.807, 2.05) is 12.1 Å². The second kappa shape index (κ2) is 14.5. The molecule has 2 aromatic carbocycles. The molecule has 10 nitrogen and oxygen atoms in total. The summed E-state index contributed by atoms with van der Waals surface area (Å²) in [6, 6.07) is 12.8. The van der Waals surface area contributed by atoms with E-state index < -0.39 is 29.7 Å². The van der Waals surface area contributed by atoms with Gasteiger partial charge < -0.3 is 31.1 Å². The molecule has 1 saturated carbocycles. The standard InChI is InChI=1S/C31H35ClN4O6/c32-25-16-21(28(38)34-17-20-8-4-9-22(37)14-20)11-12-23(25)30(40)36-27(31(41)42)18-35-29(39)24(26-10-5-13-33-26)15-19-6-2-1-3-7-19/h4-5,8-14,16,19,24,27,33,37H,1-3,6-7,15,17-18H2,(H,34,38)(H,35,39)(H,36,40)(H,41,42)/t24-,27-/m0/s1. The number of aromatic nitrogens is 1. The highest BCUT2D eigenvalue weighted by atomic mass is 35.5. The fraction of sp³-hybridized carbons (Fsp3) is 0.355. The molecule has 6 N–H and O–H groups in total. The Bertz CT molecular complexity index is 1400. The number of carboxylic acid groups (broad SMARTS) is 1. The van der Waals surface area contributed by atoms with Crippen LogP contribution in [0.5, 0.6) is 5.75 Å². The second-order valence-corrected chi connectivity index (χ2v) is 11.0. The molecule has 2 atom stereocenters. The Kier molecular flexibility index (Phi) is 10.6. The van der Waals surface area contributed by atoms with Crippen LogP contribution in [0.1, 0.15) is 76.4 Å². The quantitative estimate of drug-likeness (QED) is 0.183. The minimum atomic E-state index is -1.40. The summed E-state index contributed by atoms with van der Waals surface area (Å²) in [6.45, 7) is -0.139. The van der Waals surface area contributed by atoms with E-state index in [2.05, 4.69) is 20.9 Å². The predicted molar refractivity (Wildman–Crippen MR) is 157 cm³/mol. The van der Waals surface area contributed by atoms with Crippen molar-refractivity contribution in [2.24, 2.45) is 5.92 Å². The average Bonchev–Trinajstić information content (AvgIpc) is 3.51. The van der Waals surface area contributed by atoms with E-state index in [-0.39, 0.29) is 40.9 Å². The van der Waals surface area contributed by atoms with Crippen LogP contribution in [0.3, 0.4) is 0 Å². The van der Waals surface area contributed by atoms with Crippen molar-refractivity contribution in [2.75, 3.05) is 6.54 Å². The van der Waals surface area contributed by atoms with Crippen molar-refractivity contribution in [3.05, 3.63) is 88.2 Å². The fourth-order valence-electron chi connectivity index (χ4n) is 5.25. The van der Waals surface area contributed by atoms with Crippen molar-refractivity contribution >= 4 is 35.3 Å². The molecule has 1 fully saturated rings. The number of hydrogen-bond donors (Lipinski definition) is 6. The number of benzene rings is 2. The van der Waals surface area contributed by atoms with Gasteiger partial charge in [-0.25, -0.2) is 4.79 Å². The Morgan fingerprint density at radius 1 is 0.952 bits per heavy atom. The van der Waals surface area contributed by atoms with E-state index >= 15 is 0 Å². The highest BCUT2D eigenvalue weighted by Gasteiger charge is 2.29. The van der Waals surface area contributed by atoms with Crippen molar-refractivity contribution in [3.63, 3.8) is 0 Å². The number of H-pyrrole nitrogens is 1. The molecule has 11 heteroatoms. The highest BCUT2D eigenvalue weighted by molar-refractivity contribution is 6.34. The summed E-state index contributed by atoms with van der Waals surface area (Å²) in [7, 11) is 0. The molecule has 0 aliphatic heterocycles. The number of carboxylic acids is 1. The molecule has 3 aromatic rings. The van der Waals surface area contributed by atoms with Gasteiger partial charge in [-0.15, -0.1) is 0 Å². The van der Waals surface area contributed by atoms with Crippen molar-refractivity contribution in [2.45, 2.75) is 57.0 Å². The van der Waals surface area contributed by atoms with E-state index in [0.717, 1.165) is 31.4 Å². The monoisotopic (exact) mass is 594 g/mol. The summed E-state index contributed by atoms with van der Waals surface area (Å²) < 4.78 is 0. The van der Waals surface area contributed by atoms with Gasteiger partial charge in [0.25, 0.3) is 11.8 Å². The maximum absolute atomic E-state index is 13.2. The van der Waals surface area contributed by atoms with E-state index in [0.29, 0.717) is 17.9 Å². The molecular weight excluding hydrogens is 560 g/mol. The van der Waals surface area contributed by atoms with Gasteiger partial charge in [-0.2, -0.15) is 0 Å². The third-order valence-corrected chi connectivity index (χ3v) is 7.84. The summed E-state index contributed by atoms with van der Waals surface area (Å²) in [4.78, 5) is 53.8. The molecule has 3 amide bonds. The normalized spacial score (nSPS) is 14.9. The lowest BCUT2D eigenvalue weighted by atomic mass is 9.81. The van der Waals surface area contributed by atoms with Gasteiger partial charge >= 0.3 is 5.97 Å². The van der Waals surface area contributed by atoms with Gasteiger partial charge in [0.05, 0.1) is 16.5 Å². The molecular formula is C31H35ClN4O6. The van der Waals surface area contributed by atoms with Crippen LogP contribution >= 0.6 is 11.6 Å². The van der Waals surface area contributed by atoms with Gasteiger partial charge in [-0.1, -0.05) is 55.8 Å². The maximum atomic E-state index is 13.2. The van der Waals surface area contributed by atoms with Gasteiger partial charge in [0, 0.05) is 30.5 Å². The molecule has 0 unspecified atom stereocenters. The van der Waals surface area contributed by atoms with Crippen molar-refractivity contribution in [3.8, 4) is 5.75 Å². The number of aromatic amines is 1. The summed E-state index contributed by atoms with van der Waals surface area (Å²) in [5, 5.41) is 27.1. The zero-order chi connectivity index (χ0) is 30.1. The average molecular weight is 595 g/mol. The first-order valence-corrected chi connectivity index (χ1v) is 14.4. The molecule has 42 heavy (non-hydrogen) atoms. The summed E-state index contributed by atoms with van der Waals surface area (Å²) in [5.41, 5.74) is 1.66. The number of aliphatic carboxylic acids is 1. The number of amides is 3. The van der Waals surface area contributed by atoms with Gasteiger partial charge in [0.1, 0.15) is 11.8 Å². The number of aromatic hydroxyl groups is 1. The molecule has 0 saturated heterocycles. The van der Waals surface area contributed by atoms with Crippen molar-refractivity contribution in [1.29, 1.82) is 0 Å².